The number of hydrogen-bond acceptors (Lipinski definition) is 4. The Bertz CT molecular complexity index is 3120. The number of benzene rings is 5. The fraction of sp³-hybridized carbons (Fsp3) is 0.368. The summed E-state index contributed by atoms with van der Waals surface area (Å²) < 4.78 is 34.9. The third kappa shape index (κ3) is 6.74. The third-order valence-electron chi connectivity index (χ3n) is 13.9. The molecule has 0 amide bonds. The Labute approximate surface area is 391 Å². The van der Waals surface area contributed by atoms with Crippen LogP contribution in [0.4, 0.5) is 0 Å². The zero-order chi connectivity index (χ0) is 45.6. The second kappa shape index (κ2) is 15.0. The molecule has 2 atom stereocenters. The Morgan fingerprint density at radius 2 is 1.57 bits per heavy atom. The number of hydrogen-bond donors (Lipinski definition) is 0. The summed E-state index contributed by atoms with van der Waals surface area (Å²) >= 11 is 0. The van der Waals surface area contributed by atoms with Crippen LogP contribution in [0.2, 0.25) is 0 Å². The van der Waals surface area contributed by atoms with E-state index in [0.717, 1.165) is 50.1 Å². The SMILES string of the molecule is [2H]C1([2H])C[C@H]2N=C(c3[c-]c(Oc4[c-]c5c(cc4C)C(C)(C)c4cc(C(C)(C)C)cc6c7cccnc7n-5c46)cc(-c4c(C(C)C)cccc4C(C)C)c3)O[C@@]2(C)c2cc(C)cc(C)c21.[Pt+2]. The predicted octanol–water partition coefficient (Wildman–Crippen LogP) is 14.4. The summed E-state index contributed by atoms with van der Waals surface area (Å²) in [5.41, 5.74) is 15.4. The molecule has 0 bridgehead atoms. The average molecular weight is 1020 g/mol. The number of ether oxygens (including phenoxy) is 2. The number of aryl methyl sites for hydroxylation is 3. The van der Waals surface area contributed by atoms with Crippen LogP contribution in [0.3, 0.4) is 0 Å². The maximum Gasteiger partial charge on any atom is 2.00 e. The largest absolute Gasteiger partial charge is 2.00 e. The zero-order valence-electron chi connectivity index (χ0n) is 40.9. The predicted molar refractivity (Wildman–Crippen MR) is 255 cm³/mol. The summed E-state index contributed by atoms with van der Waals surface area (Å²) in [7, 11) is 0. The van der Waals surface area contributed by atoms with Crippen LogP contribution >= 0.6 is 0 Å². The van der Waals surface area contributed by atoms with E-state index in [-0.39, 0.29) is 50.2 Å². The number of fused-ring (bicyclic) bond motifs is 8. The molecule has 7 aromatic rings. The smallest absolute Gasteiger partial charge is 0.508 e. The second-order valence-electron chi connectivity index (χ2n) is 20.5. The quantitative estimate of drug-likeness (QED) is 0.156. The van der Waals surface area contributed by atoms with Gasteiger partial charge in [0, 0.05) is 31.2 Å². The molecule has 10 rings (SSSR count). The van der Waals surface area contributed by atoms with Crippen LogP contribution in [0.5, 0.6) is 11.5 Å². The van der Waals surface area contributed by atoms with Crippen molar-refractivity contribution in [2.45, 2.75) is 137 Å². The molecule has 63 heavy (non-hydrogen) atoms. The van der Waals surface area contributed by atoms with Gasteiger partial charge < -0.3 is 14.0 Å². The van der Waals surface area contributed by atoms with Gasteiger partial charge in [0.05, 0.1) is 11.6 Å². The molecule has 0 saturated carbocycles. The normalized spacial score (nSPS) is 19.8. The molecule has 0 saturated heterocycles. The fourth-order valence-corrected chi connectivity index (χ4v) is 10.4. The van der Waals surface area contributed by atoms with Crippen LogP contribution in [0, 0.1) is 32.9 Å². The van der Waals surface area contributed by atoms with Crippen molar-refractivity contribution in [2.75, 3.05) is 0 Å². The number of rotatable bonds is 6. The van der Waals surface area contributed by atoms with Crippen molar-refractivity contribution in [1.29, 1.82) is 0 Å². The van der Waals surface area contributed by atoms with Gasteiger partial charge >= 0.3 is 21.1 Å². The van der Waals surface area contributed by atoms with E-state index in [0.29, 0.717) is 28.5 Å². The Balaban J connectivity index is 0.00000533. The Hall–Kier alpha value is -4.99. The summed E-state index contributed by atoms with van der Waals surface area (Å²) in [6.07, 6.45) is 0.538. The van der Waals surface area contributed by atoms with Crippen molar-refractivity contribution in [1.82, 2.24) is 9.55 Å². The van der Waals surface area contributed by atoms with Gasteiger partial charge in [0.15, 0.2) is 0 Å². The van der Waals surface area contributed by atoms with Gasteiger partial charge in [0.2, 0.25) is 0 Å². The monoisotopic (exact) mass is 1010 g/mol. The summed E-state index contributed by atoms with van der Waals surface area (Å²) in [4.78, 5) is 10.2. The molecule has 3 aliphatic rings. The van der Waals surface area contributed by atoms with Crippen LogP contribution in [0.25, 0.3) is 38.8 Å². The van der Waals surface area contributed by atoms with E-state index >= 15 is 0 Å². The maximum absolute atomic E-state index is 9.22. The molecule has 5 aromatic carbocycles. The van der Waals surface area contributed by atoms with E-state index in [1.165, 1.54) is 38.8 Å². The van der Waals surface area contributed by atoms with E-state index in [1.807, 2.05) is 19.2 Å². The Morgan fingerprint density at radius 3 is 2.27 bits per heavy atom. The van der Waals surface area contributed by atoms with Crippen molar-refractivity contribution < 1.29 is 33.3 Å². The Morgan fingerprint density at radius 1 is 0.841 bits per heavy atom. The van der Waals surface area contributed by atoms with E-state index in [9.17, 15) is 2.74 Å². The molecule has 0 radical (unpaired) electrons. The molecule has 324 valence electrons. The van der Waals surface area contributed by atoms with Crippen molar-refractivity contribution >= 4 is 27.8 Å². The molecule has 0 fully saturated rings. The van der Waals surface area contributed by atoms with Crippen molar-refractivity contribution in [3.8, 4) is 28.3 Å². The number of nitrogens with zero attached hydrogens (tertiary/aromatic N) is 3. The van der Waals surface area contributed by atoms with E-state index in [2.05, 4.69) is 167 Å². The molecular weight excluding hydrogens is 954 g/mol. The first-order valence-corrected chi connectivity index (χ1v) is 22.4. The van der Waals surface area contributed by atoms with Crippen LogP contribution < -0.4 is 4.74 Å². The topological polar surface area (TPSA) is 48.6 Å². The number of aliphatic imine (C=N–C) groups is 1. The van der Waals surface area contributed by atoms with Crippen LogP contribution in [-0.4, -0.2) is 21.5 Å². The minimum Gasteiger partial charge on any atom is -0.508 e. The minimum absolute atomic E-state index is 0. The van der Waals surface area contributed by atoms with E-state index in [4.69, 9.17) is 19.5 Å². The van der Waals surface area contributed by atoms with E-state index in [1.54, 1.807) is 0 Å². The summed E-state index contributed by atoms with van der Waals surface area (Å²) in [5, 5.41) is 2.32. The van der Waals surface area contributed by atoms with Crippen LogP contribution in [-0.2, 0) is 48.6 Å². The summed E-state index contributed by atoms with van der Waals surface area (Å²) in [5.74, 6) is 2.11. The van der Waals surface area contributed by atoms with Gasteiger partial charge in [0.1, 0.15) is 17.1 Å². The molecule has 0 spiro atoms. The minimum atomic E-state index is -1.56. The first-order chi connectivity index (χ1) is 30.1. The van der Waals surface area contributed by atoms with Crippen LogP contribution in [0.1, 0.15) is 151 Å². The molecular formula is C57H59N3O2Pt. The maximum atomic E-state index is 9.22. The molecule has 4 heterocycles. The van der Waals surface area contributed by atoms with E-state index < -0.39 is 18.0 Å². The standard InChI is InChI=1S/C57H59N3O2.Pt/c1-31(2)40-16-14-17-41(32(3)4)51(40)36-25-37(54-59-50-20-19-42-34(6)22-33(5)23-45(42)57(50,13)62-54)27-39(26-36)61-49-30-48-46(24-35(49)7)56(11,12)47-29-38(55(8,9)10)28-44-43-18-15-21-58-53(43)60(48)52(44)47;/h14-18,21-26,28-29,31-32,50H,19-20H2,1-13H3;/q-2;+2/t50-,57+;/m1./s1/i19D2;. The molecule has 1 aliphatic carbocycles. The van der Waals surface area contributed by atoms with Gasteiger partial charge in [-0.15, -0.1) is 23.3 Å². The van der Waals surface area contributed by atoms with Gasteiger partial charge in [0.25, 0.3) is 0 Å². The van der Waals surface area contributed by atoms with Gasteiger partial charge in [-0.3, -0.25) is 4.99 Å². The molecule has 0 unspecified atom stereocenters. The number of pyridine rings is 1. The second-order valence-corrected chi connectivity index (χ2v) is 20.5. The first kappa shape index (κ1) is 40.8. The molecule has 2 aliphatic heterocycles. The molecule has 6 heteroatoms. The average Bonchev–Trinajstić information content (AvgIpc) is 3.74. The number of aromatic nitrogens is 2. The van der Waals surface area contributed by atoms with Gasteiger partial charge in [-0.25, -0.2) is 4.98 Å². The zero-order valence-corrected chi connectivity index (χ0v) is 41.2. The molecule has 0 N–H and O–H groups in total. The first-order valence-electron chi connectivity index (χ1n) is 23.4. The Kier molecular flexibility index (Phi) is 9.74. The van der Waals surface area contributed by atoms with Crippen molar-refractivity contribution in [3.05, 3.63) is 152 Å². The van der Waals surface area contributed by atoms with Gasteiger partial charge in [-0.1, -0.05) is 140 Å². The molecule has 5 nitrogen and oxygen atoms in total. The van der Waals surface area contributed by atoms with Crippen molar-refractivity contribution in [3.63, 3.8) is 0 Å². The van der Waals surface area contributed by atoms with Gasteiger partial charge in [-0.2, -0.15) is 6.07 Å². The summed E-state index contributed by atoms with van der Waals surface area (Å²) in [6.45, 7) is 28.7. The van der Waals surface area contributed by atoms with Gasteiger partial charge in [-0.05, 0) is 119 Å². The molecule has 2 aromatic heterocycles. The third-order valence-corrected chi connectivity index (χ3v) is 13.9. The van der Waals surface area contributed by atoms with Crippen LogP contribution in [0.15, 0.2) is 84.0 Å². The summed E-state index contributed by atoms with van der Waals surface area (Å²) in [6, 6.07) is 33.3. The van der Waals surface area contributed by atoms with Crippen molar-refractivity contribution in [2.24, 2.45) is 4.99 Å². The fourth-order valence-electron chi connectivity index (χ4n) is 10.4.